The number of carbonyl (C=O) groups excluding carboxylic acids is 1. The summed E-state index contributed by atoms with van der Waals surface area (Å²) in [6.45, 7) is 5.40. The van der Waals surface area contributed by atoms with Gasteiger partial charge in [-0.25, -0.2) is 4.98 Å². The first-order valence-electron chi connectivity index (χ1n) is 7.01. The van der Waals surface area contributed by atoms with Crippen LogP contribution in [-0.4, -0.2) is 55.2 Å². The molecule has 1 amide bonds. The van der Waals surface area contributed by atoms with Crippen LogP contribution in [0.4, 0.5) is 5.13 Å². The van der Waals surface area contributed by atoms with Crippen molar-refractivity contribution in [2.75, 3.05) is 45.1 Å². The van der Waals surface area contributed by atoms with Crippen molar-refractivity contribution in [3.63, 3.8) is 0 Å². The molecule has 0 atom stereocenters. The number of hydrogen-bond donors (Lipinski definition) is 2. The van der Waals surface area contributed by atoms with Crippen LogP contribution in [0.1, 0.15) is 18.5 Å². The molecule has 112 valence electrons. The summed E-state index contributed by atoms with van der Waals surface area (Å²) in [6, 6.07) is 0. The molecule has 2 heterocycles. The summed E-state index contributed by atoms with van der Waals surface area (Å²) in [5.41, 5.74) is 6.45. The van der Waals surface area contributed by atoms with E-state index in [0.29, 0.717) is 18.0 Å². The number of amides is 1. The summed E-state index contributed by atoms with van der Waals surface area (Å²) < 4.78 is 5.29. The van der Waals surface area contributed by atoms with Gasteiger partial charge in [0, 0.05) is 31.4 Å². The van der Waals surface area contributed by atoms with Gasteiger partial charge in [-0.3, -0.25) is 9.69 Å². The van der Waals surface area contributed by atoms with Crippen LogP contribution in [0.5, 0.6) is 0 Å². The number of nitrogen functional groups attached to an aromatic ring is 1. The van der Waals surface area contributed by atoms with Gasteiger partial charge in [-0.2, -0.15) is 0 Å². The second kappa shape index (κ2) is 8.18. The molecule has 1 aromatic heterocycles. The standard InChI is InChI=1S/C13H22N4O2S/c14-13-16-11(10-20-13)2-3-12(18)15-4-1-5-17-6-8-19-9-7-17/h10H,1-9H2,(H2,14,16)(H,15,18). The molecule has 6 nitrogen and oxygen atoms in total. The highest BCUT2D eigenvalue weighted by Crippen LogP contribution is 2.12. The van der Waals surface area contributed by atoms with E-state index in [2.05, 4.69) is 15.2 Å². The third kappa shape index (κ3) is 5.44. The quantitative estimate of drug-likeness (QED) is 0.716. The number of aryl methyl sites for hydroxylation is 1. The molecule has 3 N–H and O–H groups in total. The minimum atomic E-state index is 0.0820. The fourth-order valence-electron chi connectivity index (χ4n) is 2.12. The van der Waals surface area contributed by atoms with Gasteiger partial charge in [-0.1, -0.05) is 0 Å². The van der Waals surface area contributed by atoms with Crippen molar-refractivity contribution in [3.8, 4) is 0 Å². The maximum Gasteiger partial charge on any atom is 0.220 e. The second-order valence-corrected chi connectivity index (χ2v) is 5.72. The number of nitrogens with two attached hydrogens (primary N) is 1. The van der Waals surface area contributed by atoms with Gasteiger partial charge in [0.2, 0.25) is 5.91 Å². The molecular formula is C13H22N4O2S. The molecule has 1 aliphatic rings. The van der Waals surface area contributed by atoms with Crippen LogP contribution in [0.15, 0.2) is 5.38 Å². The summed E-state index contributed by atoms with van der Waals surface area (Å²) in [5.74, 6) is 0.0820. The number of rotatable bonds is 7. The Morgan fingerprint density at radius 2 is 2.30 bits per heavy atom. The van der Waals surface area contributed by atoms with Gasteiger partial charge < -0.3 is 15.8 Å². The van der Waals surface area contributed by atoms with E-state index in [4.69, 9.17) is 10.5 Å². The molecule has 0 aliphatic carbocycles. The second-order valence-electron chi connectivity index (χ2n) is 4.83. The summed E-state index contributed by atoms with van der Waals surface area (Å²) in [5, 5.41) is 5.41. The van der Waals surface area contributed by atoms with Gasteiger partial charge in [0.1, 0.15) is 0 Å². The minimum Gasteiger partial charge on any atom is -0.379 e. The normalized spacial score (nSPS) is 16.2. The van der Waals surface area contributed by atoms with Crippen molar-refractivity contribution in [2.45, 2.75) is 19.3 Å². The molecule has 20 heavy (non-hydrogen) atoms. The monoisotopic (exact) mass is 298 g/mol. The number of carbonyl (C=O) groups is 1. The highest BCUT2D eigenvalue weighted by molar-refractivity contribution is 7.13. The average Bonchev–Trinajstić information content (AvgIpc) is 2.88. The third-order valence-electron chi connectivity index (χ3n) is 3.25. The van der Waals surface area contributed by atoms with E-state index in [1.807, 2.05) is 5.38 Å². The Balaban J connectivity index is 1.51. The van der Waals surface area contributed by atoms with Gasteiger partial charge in [-0.05, 0) is 19.4 Å². The van der Waals surface area contributed by atoms with Gasteiger partial charge in [0.05, 0.1) is 18.9 Å². The predicted molar refractivity (Wildman–Crippen MR) is 79.7 cm³/mol. The number of nitrogens with zero attached hydrogens (tertiary/aromatic N) is 2. The first-order chi connectivity index (χ1) is 9.74. The van der Waals surface area contributed by atoms with Crippen molar-refractivity contribution in [1.29, 1.82) is 0 Å². The van der Waals surface area contributed by atoms with Gasteiger partial charge in [-0.15, -0.1) is 11.3 Å². The Morgan fingerprint density at radius 1 is 1.50 bits per heavy atom. The van der Waals surface area contributed by atoms with E-state index in [1.165, 1.54) is 11.3 Å². The lowest BCUT2D eigenvalue weighted by atomic mass is 10.2. The number of morpholine rings is 1. The predicted octanol–water partition coefficient (Wildman–Crippen LogP) is 0.496. The molecule has 0 radical (unpaired) electrons. The largest absolute Gasteiger partial charge is 0.379 e. The SMILES string of the molecule is Nc1nc(CCC(=O)NCCCN2CCOCC2)cs1. The van der Waals surface area contributed by atoms with Crippen molar-refractivity contribution in [1.82, 2.24) is 15.2 Å². The summed E-state index contributed by atoms with van der Waals surface area (Å²) >= 11 is 1.41. The Hall–Kier alpha value is -1.18. The van der Waals surface area contributed by atoms with Crippen molar-refractivity contribution in [3.05, 3.63) is 11.1 Å². The van der Waals surface area contributed by atoms with Crippen molar-refractivity contribution in [2.24, 2.45) is 0 Å². The summed E-state index contributed by atoms with van der Waals surface area (Å²) in [6.07, 6.45) is 2.11. The number of nitrogens with one attached hydrogen (secondary N) is 1. The van der Waals surface area contributed by atoms with E-state index < -0.39 is 0 Å². The molecular weight excluding hydrogens is 276 g/mol. The van der Waals surface area contributed by atoms with Crippen LogP contribution in [0.25, 0.3) is 0 Å². The van der Waals surface area contributed by atoms with Crippen LogP contribution in [0.2, 0.25) is 0 Å². The first kappa shape index (κ1) is 15.2. The van der Waals surface area contributed by atoms with Crippen LogP contribution in [-0.2, 0) is 16.0 Å². The van der Waals surface area contributed by atoms with E-state index in [1.54, 1.807) is 0 Å². The molecule has 0 aromatic carbocycles. The number of ether oxygens (including phenoxy) is 1. The molecule has 0 unspecified atom stereocenters. The number of aromatic nitrogens is 1. The molecule has 2 rings (SSSR count). The first-order valence-corrected chi connectivity index (χ1v) is 7.88. The highest BCUT2D eigenvalue weighted by Gasteiger charge is 2.09. The molecule has 0 bridgehead atoms. The van der Waals surface area contributed by atoms with E-state index in [-0.39, 0.29) is 5.91 Å². The zero-order valence-electron chi connectivity index (χ0n) is 11.6. The van der Waals surface area contributed by atoms with Gasteiger partial charge in [0.15, 0.2) is 5.13 Å². The fourth-order valence-corrected chi connectivity index (χ4v) is 2.72. The molecule has 1 fully saturated rings. The molecule has 0 saturated carbocycles. The van der Waals surface area contributed by atoms with E-state index >= 15 is 0 Å². The Morgan fingerprint density at radius 3 is 3.00 bits per heavy atom. The zero-order valence-corrected chi connectivity index (χ0v) is 12.5. The Labute approximate surface area is 123 Å². The summed E-state index contributed by atoms with van der Waals surface area (Å²) in [7, 11) is 0. The molecule has 7 heteroatoms. The molecule has 0 spiro atoms. The van der Waals surface area contributed by atoms with E-state index in [0.717, 1.165) is 51.5 Å². The zero-order chi connectivity index (χ0) is 14.2. The molecule has 1 aliphatic heterocycles. The molecule has 1 saturated heterocycles. The third-order valence-corrected chi connectivity index (χ3v) is 3.98. The smallest absolute Gasteiger partial charge is 0.220 e. The Kier molecular flexibility index (Phi) is 6.23. The number of thiazole rings is 1. The van der Waals surface area contributed by atoms with Gasteiger partial charge in [0.25, 0.3) is 0 Å². The average molecular weight is 298 g/mol. The summed E-state index contributed by atoms with van der Waals surface area (Å²) in [4.78, 5) is 18.2. The van der Waals surface area contributed by atoms with Crippen LogP contribution >= 0.6 is 11.3 Å². The van der Waals surface area contributed by atoms with Crippen LogP contribution in [0.3, 0.4) is 0 Å². The number of hydrogen-bond acceptors (Lipinski definition) is 6. The van der Waals surface area contributed by atoms with Crippen LogP contribution < -0.4 is 11.1 Å². The number of anilines is 1. The fraction of sp³-hybridized carbons (Fsp3) is 0.692. The lowest BCUT2D eigenvalue weighted by Gasteiger charge is -2.26. The minimum absolute atomic E-state index is 0.0820. The highest BCUT2D eigenvalue weighted by atomic mass is 32.1. The van der Waals surface area contributed by atoms with Crippen molar-refractivity contribution < 1.29 is 9.53 Å². The maximum atomic E-state index is 11.7. The van der Waals surface area contributed by atoms with E-state index in [9.17, 15) is 4.79 Å². The molecule has 1 aromatic rings. The maximum absolute atomic E-state index is 11.7. The van der Waals surface area contributed by atoms with Crippen molar-refractivity contribution >= 4 is 22.4 Å². The van der Waals surface area contributed by atoms with Gasteiger partial charge >= 0.3 is 0 Å². The lowest BCUT2D eigenvalue weighted by molar-refractivity contribution is -0.121. The topological polar surface area (TPSA) is 80.5 Å². The van der Waals surface area contributed by atoms with Crippen LogP contribution in [0, 0.1) is 0 Å². The lowest BCUT2D eigenvalue weighted by Crippen LogP contribution is -2.38. The Bertz CT molecular complexity index is 418.